The Morgan fingerprint density at radius 1 is 1.53 bits per heavy atom. The van der Waals surface area contributed by atoms with E-state index in [0.29, 0.717) is 17.0 Å². The summed E-state index contributed by atoms with van der Waals surface area (Å²) < 4.78 is 0. The van der Waals surface area contributed by atoms with Gasteiger partial charge in [-0.05, 0) is 35.6 Å². The number of anilines is 1. The van der Waals surface area contributed by atoms with Crippen LogP contribution in [0, 0.1) is 6.92 Å². The summed E-state index contributed by atoms with van der Waals surface area (Å²) >= 11 is 7.81. The van der Waals surface area contributed by atoms with Crippen LogP contribution in [0.15, 0.2) is 23.6 Å². The molecule has 1 aromatic heterocycles. The zero-order chi connectivity index (χ0) is 13.6. The zero-order valence-electron chi connectivity index (χ0n) is 10.2. The van der Waals surface area contributed by atoms with Gasteiger partial charge in [-0.1, -0.05) is 17.7 Å². The Labute approximate surface area is 119 Å². The molecule has 3 rings (SSSR count). The number of amides is 1. The smallest absolute Gasteiger partial charge is 0.228 e. The maximum atomic E-state index is 11.5. The van der Waals surface area contributed by atoms with E-state index in [1.165, 1.54) is 11.3 Å². The lowest BCUT2D eigenvalue weighted by molar-refractivity contribution is -0.115. The summed E-state index contributed by atoms with van der Waals surface area (Å²) in [5, 5.41) is 15.6. The number of carbonyl (C=O) groups excluding carboxylic acids is 1. The number of benzene rings is 1. The van der Waals surface area contributed by atoms with Crippen molar-refractivity contribution in [3.05, 3.63) is 50.2 Å². The molecule has 0 bridgehead atoms. The quantitative estimate of drug-likeness (QED) is 0.893. The Bertz CT molecular complexity index is 652. The van der Waals surface area contributed by atoms with Crippen molar-refractivity contribution in [2.24, 2.45) is 0 Å². The molecule has 0 radical (unpaired) electrons. The minimum absolute atomic E-state index is 0.0306. The number of carbonyl (C=O) groups is 1. The van der Waals surface area contributed by atoms with E-state index >= 15 is 0 Å². The fourth-order valence-corrected chi connectivity index (χ4v) is 3.34. The lowest BCUT2D eigenvalue weighted by Gasteiger charge is -2.15. The van der Waals surface area contributed by atoms with Crippen LogP contribution in [0.2, 0.25) is 5.02 Å². The third-order valence-corrected chi connectivity index (χ3v) is 4.76. The number of rotatable bonds is 2. The van der Waals surface area contributed by atoms with Crippen LogP contribution in [0.4, 0.5) is 5.69 Å². The molecular weight excluding hydrogens is 282 g/mol. The van der Waals surface area contributed by atoms with Crippen LogP contribution >= 0.6 is 22.9 Å². The second-order valence-electron chi connectivity index (χ2n) is 4.58. The highest BCUT2D eigenvalue weighted by Crippen LogP contribution is 2.39. The lowest BCUT2D eigenvalue weighted by atomic mass is 9.99. The number of thiophene rings is 1. The van der Waals surface area contributed by atoms with E-state index in [1.54, 1.807) is 0 Å². The minimum Gasteiger partial charge on any atom is -0.383 e. The van der Waals surface area contributed by atoms with Crippen LogP contribution in [-0.2, 0) is 11.2 Å². The van der Waals surface area contributed by atoms with Gasteiger partial charge in [0, 0.05) is 16.1 Å². The van der Waals surface area contributed by atoms with Crippen LogP contribution in [0.3, 0.4) is 0 Å². The molecule has 2 N–H and O–H groups in total. The number of aliphatic hydroxyl groups is 1. The molecule has 1 atom stereocenters. The first kappa shape index (κ1) is 12.7. The molecule has 2 aromatic rings. The summed E-state index contributed by atoms with van der Waals surface area (Å²) in [6, 6.07) is 5.59. The molecule has 1 unspecified atom stereocenters. The highest BCUT2D eigenvalue weighted by atomic mass is 35.5. The van der Waals surface area contributed by atoms with Gasteiger partial charge in [0.05, 0.1) is 11.4 Å². The van der Waals surface area contributed by atoms with Crippen molar-refractivity contribution in [2.45, 2.75) is 19.4 Å². The van der Waals surface area contributed by atoms with E-state index in [0.717, 1.165) is 21.7 Å². The molecule has 98 valence electrons. The average molecular weight is 294 g/mol. The Morgan fingerprint density at radius 3 is 3.00 bits per heavy atom. The molecule has 5 heteroatoms. The normalized spacial score (nSPS) is 15.2. The molecule has 3 nitrogen and oxygen atoms in total. The van der Waals surface area contributed by atoms with Crippen molar-refractivity contribution in [3.8, 4) is 0 Å². The second-order valence-corrected chi connectivity index (χ2v) is 5.94. The number of aliphatic hydroxyl groups excluding tert-OH is 1. The van der Waals surface area contributed by atoms with E-state index in [1.807, 2.05) is 30.5 Å². The lowest BCUT2D eigenvalue weighted by Crippen LogP contribution is -2.04. The van der Waals surface area contributed by atoms with Crippen LogP contribution in [0.5, 0.6) is 0 Å². The van der Waals surface area contributed by atoms with Gasteiger partial charge in [0.1, 0.15) is 6.10 Å². The van der Waals surface area contributed by atoms with Gasteiger partial charge in [0.25, 0.3) is 0 Å². The average Bonchev–Trinajstić information content (AvgIpc) is 3.01. The van der Waals surface area contributed by atoms with Gasteiger partial charge >= 0.3 is 0 Å². The van der Waals surface area contributed by atoms with Gasteiger partial charge in [0.2, 0.25) is 5.91 Å². The van der Waals surface area contributed by atoms with Crippen molar-refractivity contribution < 1.29 is 9.90 Å². The number of fused-ring (bicyclic) bond motifs is 1. The molecule has 1 amide bonds. The summed E-state index contributed by atoms with van der Waals surface area (Å²) in [6.45, 7) is 1.86. The summed E-state index contributed by atoms with van der Waals surface area (Å²) in [4.78, 5) is 12.3. The van der Waals surface area contributed by atoms with Crippen molar-refractivity contribution in [2.75, 3.05) is 5.32 Å². The van der Waals surface area contributed by atoms with Gasteiger partial charge in [0.15, 0.2) is 0 Å². The highest BCUT2D eigenvalue weighted by molar-refractivity contribution is 7.10. The Hall–Kier alpha value is -1.36. The van der Waals surface area contributed by atoms with Gasteiger partial charge in [-0.2, -0.15) is 0 Å². The SMILES string of the molecule is Cc1c(Cl)c(C(O)c2cccs2)cc2c1NC(=O)C2. The molecule has 19 heavy (non-hydrogen) atoms. The minimum atomic E-state index is -0.743. The Balaban J connectivity index is 2.11. The van der Waals surface area contributed by atoms with Gasteiger partial charge in [-0.25, -0.2) is 0 Å². The number of hydrogen-bond donors (Lipinski definition) is 2. The molecule has 1 aliphatic rings. The van der Waals surface area contributed by atoms with Crippen LogP contribution in [-0.4, -0.2) is 11.0 Å². The topological polar surface area (TPSA) is 49.3 Å². The Kier molecular flexibility index (Phi) is 3.09. The molecule has 1 aliphatic heterocycles. The maximum absolute atomic E-state index is 11.5. The highest BCUT2D eigenvalue weighted by Gasteiger charge is 2.25. The molecule has 0 saturated heterocycles. The van der Waals surface area contributed by atoms with Crippen LogP contribution < -0.4 is 5.32 Å². The van der Waals surface area contributed by atoms with E-state index in [4.69, 9.17) is 11.6 Å². The van der Waals surface area contributed by atoms with Crippen LogP contribution in [0.25, 0.3) is 0 Å². The van der Waals surface area contributed by atoms with Crippen molar-refractivity contribution in [1.82, 2.24) is 0 Å². The second kappa shape index (κ2) is 4.63. The molecule has 0 aliphatic carbocycles. The first-order valence-corrected chi connectivity index (χ1v) is 7.17. The first-order chi connectivity index (χ1) is 9.08. The summed E-state index contributed by atoms with van der Waals surface area (Å²) in [6.07, 6.45) is -0.399. The van der Waals surface area contributed by atoms with Crippen molar-refractivity contribution >= 4 is 34.5 Å². The fourth-order valence-electron chi connectivity index (χ4n) is 2.36. The summed E-state index contributed by atoms with van der Waals surface area (Å²) in [7, 11) is 0. The third-order valence-electron chi connectivity index (χ3n) is 3.33. The fraction of sp³-hybridized carbons (Fsp3) is 0.214. The predicted octanol–water partition coefficient (Wildman–Crippen LogP) is 3.29. The number of halogens is 1. The number of hydrogen-bond acceptors (Lipinski definition) is 3. The molecular formula is C14H12ClNO2S. The van der Waals surface area contributed by atoms with Crippen molar-refractivity contribution in [3.63, 3.8) is 0 Å². The molecule has 1 aromatic carbocycles. The maximum Gasteiger partial charge on any atom is 0.228 e. The Morgan fingerprint density at radius 2 is 2.32 bits per heavy atom. The molecule has 0 saturated carbocycles. The predicted molar refractivity (Wildman–Crippen MR) is 76.9 cm³/mol. The number of nitrogens with one attached hydrogen (secondary N) is 1. The largest absolute Gasteiger partial charge is 0.383 e. The van der Waals surface area contributed by atoms with Crippen LogP contribution in [0.1, 0.15) is 27.7 Å². The molecule has 0 fully saturated rings. The van der Waals surface area contributed by atoms with Crippen molar-refractivity contribution in [1.29, 1.82) is 0 Å². The van der Waals surface area contributed by atoms with Gasteiger partial charge in [-0.3, -0.25) is 4.79 Å². The first-order valence-electron chi connectivity index (χ1n) is 5.91. The van der Waals surface area contributed by atoms with Gasteiger partial charge in [-0.15, -0.1) is 11.3 Å². The van der Waals surface area contributed by atoms with E-state index in [-0.39, 0.29) is 5.91 Å². The van der Waals surface area contributed by atoms with E-state index < -0.39 is 6.10 Å². The summed E-state index contributed by atoms with van der Waals surface area (Å²) in [5.41, 5.74) is 3.17. The van der Waals surface area contributed by atoms with E-state index in [2.05, 4.69) is 5.32 Å². The molecule has 0 spiro atoms. The standard InChI is InChI=1S/C14H12ClNO2S/c1-7-12(15)9(14(18)10-3-2-4-19-10)5-8-6-11(17)16-13(7)8/h2-5,14,18H,6H2,1H3,(H,16,17). The van der Waals surface area contributed by atoms with E-state index in [9.17, 15) is 9.90 Å². The molecule has 2 heterocycles. The zero-order valence-corrected chi connectivity index (χ0v) is 11.8. The summed E-state index contributed by atoms with van der Waals surface area (Å²) in [5.74, 6) is -0.0306. The monoisotopic (exact) mass is 293 g/mol. The third kappa shape index (κ3) is 2.06. The van der Waals surface area contributed by atoms with Gasteiger partial charge < -0.3 is 10.4 Å².